The van der Waals surface area contributed by atoms with Gasteiger partial charge >= 0.3 is 0 Å². The van der Waals surface area contributed by atoms with E-state index >= 15 is 0 Å². The Hall–Kier alpha value is -2.85. The maximum atomic E-state index is 6.17. The molecule has 0 saturated heterocycles. The molecule has 0 spiro atoms. The molecule has 1 aliphatic heterocycles. The van der Waals surface area contributed by atoms with Crippen LogP contribution in [0.5, 0.6) is 11.5 Å². The van der Waals surface area contributed by atoms with Gasteiger partial charge in [-0.25, -0.2) is 0 Å². The first-order chi connectivity index (χ1) is 13.7. The maximum absolute atomic E-state index is 6.17. The first kappa shape index (κ1) is 18.5. The molecule has 4 heteroatoms. The normalized spacial score (nSPS) is 13.5. The van der Waals surface area contributed by atoms with Crippen LogP contribution in [0.1, 0.15) is 22.4 Å². The van der Waals surface area contributed by atoms with Gasteiger partial charge < -0.3 is 14.8 Å². The van der Waals surface area contributed by atoms with Crippen molar-refractivity contribution >= 4 is 0 Å². The highest BCUT2D eigenvalue weighted by atomic mass is 16.5. The predicted molar refractivity (Wildman–Crippen MR) is 112 cm³/mol. The fraction of sp³-hybridized carbons (Fsp3) is 0.292. The van der Waals surface area contributed by atoms with Crippen LogP contribution in [0.25, 0.3) is 11.1 Å². The van der Waals surface area contributed by atoms with E-state index in [9.17, 15) is 0 Å². The number of fused-ring (bicyclic) bond motifs is 1. The van der Waals surface area contributed by atoms with E-state index in [-0.39, 0.29) is 0 Å². The van der Waals surface area contributed by atoms with Crippen molar-refractivity contribution in [2.24, 2.45) is 0 Å². The SMILES string of the molecule is COc1ccc(OCc2cc(C)ccn2)c(-c2ccc3c(c2)CCNCC3)c1. The van der Waals surface area contributed by atoms with Gasteiger partial charge in [0, 0.05) is 11.8 Å². The number of rotatable bonds is 5. The number of pyridine rings is 1. The van der Waals surface area contributed by atoms with Crippen LogP contribution in [0.2, 0.25) is 0 Å². The monoisotopic (exact) mass is 374 g/mol. The Labute approximate surface area is 166 Å². The molecule has 0 radical (unpaired) electrons. The van der Waals surface area contributed by atoms with Crippen LogP contribution in [-0.4, -0.2) is 25.2 Å². The summed E-state index contributed by atoms with van der Waals surface area (Å²) in [4.78, 5) is 4.40. The molecule has 144 valence electrons. The zero-order valence-corrected chi connectivity index (χ0v) is 16.5. The summed E-state index contributed by atoms with van der Waals surface area (Å²) in [6, 6.07) is 16.8. The van der Waals surface area contributed by atoms with E-state index in [2.05, 4.69) is 47.6 Å². The number of ether oxygens (including phenoxy) is 2. The molecule has 0 amide bonds. The van der Waals surface area contributed by atoms with Gasteiger partial charge in [0.2, 0.25) is 0 Å². The molecule has 3 aromatic rings. The van der Waals surface area contributed by atoms with Crippen molar-refractivity contribution in [3.63, 3.8) is 0 Å². The summed E-state index contributed by atoms with van der Waals surface area (Å²) in [5.41, 5.74) is 7.16. The molecule has 0 aliphatic carbocycles. The number of aromatic nitrogens is 1. The van der Waals surface area contributed by atoms with Crippen LogP contribution in [0.15, 0.2) is 54.7 Å². The molecule has 0 atom stereocenters. The summed E-state index contributed by atoms with van der Waals surface area (Å²) in [6.07, 6.45) is 3.95. The highest BCUT2D eigenvalue weighted by molar-refractivity contribution is 5.73. The van der Waals surface area contributed by atoms with Crippen molar-refractivity contribution in [3.05, 3.63) is 77.1 Å². The predicted octanol–water partition coefficient (Wildman–Crippen LogP) is 4.33. The lowest BCUT2D eigenvalue weighted by Crippen LogP contribution is -2.16. The van der Waals surface area contributed by atoms with E-state index in [0.29, 0.717) is 6.61 Å². The minimum Gasteiger partial charge on any atom is -0.497 e. The van der Waals surface area contributed by atoms with Crippen LogP contribution < -0.4 is 14.8 Å². The minimum atomic E-state index is 0.440. The van der Waals surface area contributed by atoms with Crippen molar-refractivity contribution in [1.82, 2.24) is 10.3 Å². The van der Waals surface area contributed by atoms with E-state index in [0.717, 1.165) is 54.3 Å². The molecule has 1 aliphatic rings. The minimum absolute atomic E-state index is 0.440. The van der Waals surface area contributed by atoms with Gasteiger partial charge in [-0.3, -0.25) is 4.98 Å². The molecule has 1 aromatic heterocycles. The maximum Gasteiger partial charge on any atom is 0.130 e. The standard InChI is InChI=1S/C24H26N2O2/c1-17-7-12-26-21(13-17)16-28-24-6-5-22(27-2)15-23(24)20-4-3-18-8-10-25-11-9-19(18)14-20/h3-7,12-15,25H,8-11,16H2,1-2H3. The van der Waals surface area contributed by atoms with Gasteiger partial charge in [0.05, 0.1) is 12.8 Å². The zero-order chi connectivity index (χ0) is 19.3. The van der Waals surface area contributed by atoms with Crippen LogP contribution in [-0.2, 0) is 19.4 Å². The third-order valence-corrected chi connectivity index (χ3v) is 5.19. The molecular weight excluding hydrogens is 348 g/mol. The Morgan fingerprint density at radius 1 is 0.964 bits per heavy atom. The molecule has 0 saturated carbocycles. The van der Waals surface area contributed by atoms with E-state index in [4.69, 9.17) is 9.47 Å². The molecule has 0 bridgehead atoms. The topological polar surface area (TPSA) is 43.4 Å². The molecule has 28 heavy (non-hydrogen) atoms. The second-order valence-corrected chi connectivity index (χ2v) is 7.21. The lowest BCUT2D eigenvalue weighted by molar-refractivity contribution is 0.302. The first-order valence-electron chi connectivity index (χ1n) is 9.78. The van der Waals surface area contributed by atoms with Gasteiger partial charge in [0.15, 0.2) is 0 Å². The summed E-state index contributed by atoms with van der Waals surface area (Å²) >= 11 is 0. The third kappa shape index (κ3) is 4.18. The Balaban J connectivity index is 1.66. The number of nitrogens with one attached hydrogen (secondary N) is 1. The fourth-order valence-corrected chi connectivity index (χ4v) is 3.66. The summed E-state index contributed by atoms with van der Waals surface area (Å²) in [7, 11) is 1.69. The van der Waals surface area contributed by atoms with Gasteiger partial charge in [-0.1, -0.05) is 18.2 Å². The second-order valence-electron chi connectivity index (χ2n) is 7.21. The first-order valence-corrected chi connectivity index (χ1v) is 9.78. The Bertz CT molecular complexity index is 969. The Morgan fingerprint density at radius 3 is 2.64 bits per heavy atom. The van der Waals surface area contributed by atoms with Gasteiger partial charge in [-0.15, -0.1) is 0 Å². The number of hydrogen-bond donors (Lipinski definition) is 1. The number of benzene rings is 2. The van der Waals surface area contributed by atoms with Crippen molar-refractivity contribution in [2.45, 2.75) is 26.4 Å². The van der Waals surface area contributed by atoms with E-state index in [1.165, 1.54) is 16.7 Å². The van der Waals surface area contributed by atoms with E-state index in [1.54, 1.807) is 7.11 Å². The summed E-state index contributed by atoms with van der Waals surface area (Å²) in [6.45, 7) is 4.57. The molecule has 2 aromatic carbocycles. The van der Waals surface area contributed by atoms with Gasteiger partial charge in [-0.05, 0) is 85.4 Å². The number of nitrogens with zero attached hydrogens (tertiary/aromatic N) is 1. The van der Waals surface area contributed by atoms with Crippen molar-refractivity contribution in [2.75, 3.05) is 20.2 Å². The smallest absolute Gasteiger partial charge is 0.130 e. The summed E-state index contributed by atoms with van der Waals surface area (Å²) in [5, 5.41) is 3.47. The fourth-order valence-electron chi connectivity index (χ4n) is 3.66. The second kappa shape index (κ2) is 8.44. The molecule has 0 fully saturated rings. The largest absolute Gasteiger partial charge is 0.497 e. The molecule has 0 unspecified atom stereocenters. The van der Waals surface area contributed by atoms with Crippen LogP contribution in [0.4, 0.5) is 0 Å². The average molecular weight is 374 g/mol. The molecule has 1 N–H and O–H groups in total. The quantitative estimate of drug-likeness (QED) is 0.722. The third-order valence-electron chi connectivity index (χ3n) is 5.19. The highest BCUT2D eigenvalue weighted by Crippen LogP contribution is 2.35. The number of methoxy groups -OCH3 is 1. The lowest BCUT2D eigenvalue weighted by Gasteiger charge is -2.15. The van der Waals surface area contributed by atoms with E-state index in [1.807, 2.05) is 24.4 Å². The summed E-state index contributed by atoms with van der Waals surface area (Å²) < 4.78 is 11.6. The molecule has 4 rings (SSSR count). The van der Waals surface area contributed by atoms with Crippen LogP contribution in [0, 0.1) is 6.92 Å². The van der Waals surface area contributed by atoms with Gasteiger partial charge in [-0.2, -0.15) is 0 Å². The number of aryl methyl sites for hydroxylation is 1. The van der Waals surface area contributed by atoms with E-state index < -0.39 is 0 Å². The molecule has 4 nitrogen and oxygen atoms in total. The van der Waals surface area contributed by atoms with Crippen molar-refractivity contribution < 1.29 is 9.47 Å². The Kier molecular flexibility index (Phi) is 5.58. The highest BCUT2D eigenvalue weighted by Gasteiger charge is 2.13. The van der Waals surface area contributed by atoms with Crippen molar-refractivity contribution in [3.8, 4) is 22.6 Å². The Morgan fingerprint density at radius 2 is 1.82 bits per heavy atom. The van der Waals surface area contributed by atoms with Crippen LogP contribution >= 0.6 is 0 Å². The zero-order valence-electron chi connectivity index (χ0n) is 16.5. The lowest BCUT2D eigenvalue weighted by atomic mass is 9.96. The van der Waals surface area contributed by atoms with Gasteiger partial charge in [0.25, 0.3) is 0 Å². The van der Waals surface area contributed by atoms with Gasteiger partial charge in [0.1, 0.15) is 18.1 Å². The summed E-state index contributed by atoms with van der Waals surface area (Å²) in [5.74, 6) is 1.67. The molecular formula is C24H26N2O2. The average Bonchev–Trinajstić information content (AvgIpc) is 2.97. The number of hydrogen-bond acceptors (Lipinski definition) is 4. The van der Waals surface area contributed by atoms with Crippen molar-refractivity contribution in [1.29, 1.82) is 0 Å². The molecule has 2 heterocycles. The van der Waals surface area contributed by atoms with Crippen LogP contribution in [0.3, 0.4) is 0 Å².